The molecule has 9 nitrogen and oxygen atoms in total. The van der Waals surface area contributed by atoms with Crippen molar-refractivity contribution < 1.29 is 21.6 Å². The van der Waals surface area contributed by atoms with E-state index in [-0.39, 0.29) is 16.2 Å². The molecule has 1 heterocycles. The third kappa shape index (κ3) is 6.99. The van der Waals surface area contributed by atoms with E-state index in [2.05, 4.69) is 14.9 Å². The van der Waals surface area contributed by atoms with Gasteiger partial charge in [0.25, 0.3) is 0 Å². The lowest BCUT2D eigenvalue weighted by atomic mass is 10.1. The number of piperazine rings is 1. The third-order valence-electron chi connectivity index (χ3n) is 6.24. The second-order valence-electron chi connectivity index (χ2n) is 9.04. The van der Waals surface area contributed by atoms with Crippen LogP contribution in [0.5, 0.6) is 0 Å². The molecule has 3 aromatic rings. The maximum Gasteiger partial charge on any atom is 0.243 e. The molecule has 38 heavy (non-hydrogen) atoms. The number of nitrogens with one attached hydrogen (secondary N) is 2. The smallest absolute Gasteiger partial charge is 0.243 e. The van der Waals surface area contributed by atoms with Crippen LogP contribution in [0.25, 0.3) is 0 Å². The van der Waals surface area contributed by atoms with Crippen molar-refractivity contribution in [2.75, 3.05) is 38.5 Å². The summed E-state index contributed by atoms with van der Waals surface area (Å²) in [6.45, 7) is 2.13. The van der Waals surface area contributed by atoms with Crippen molar-refractivity contribution >= 4 is 43.2 Å². The number of benzene rings is 3. The average Bonchev–Trinajstić information content (AvgIpc) is 2.89. The molecule has 0 aliphatic carbocycles. The van der Waals surface area contributed by atoms with E-state index >= 15 is 0 Å². The minimum Gasteiger partial charge on any atom is -0.325 e. The zero-order chi connectivity index (χ0) is 27.3. The number of hydrogen-bond acceptors (Lipinski definition) is 6. The second-order valence-corrected chi connectivity index (χ2v) is 13.1. The molecule has 1 amide bonds. The lowest BCUT2D eigenvalue weighted by molar-refractivity contribution is -0.117. The summed E-state index contributed by atoms with van der Waals surface area (Å²) < 4.78 is 55.9. The van der Waals surface area contributed by atoms with Crippen LogP contribution in [0, 0.1) is 0 Å². The van der Waals surface area contributed by atoms with Crippen LogP contribution in [0.2, 0.25) is 5.02 Å². The highest BCUT2D eigenvalue weighted by molar-refractivity contribution is 7.89. The van der Waals surface area contributed by atoms with E-state index in [0.29, 0.717) is 36.9 Å². The number of carbonyl (C=O) groups is 1. The van der Waals surface area contributed by atoms with Gasteiger partial charge in [-0.1, -0.05) is 41.9 Å². The van der Waals surface area contributed by atoms with E-state index in [9.17, 15) is 21.6 Å². The normalized spacial score (nSPS) is 16.2. The zero-order valence-electron chi connectivity index (χ0n) is 20.7. The first kappa shape index (κ1) is 28.2. The molecular weight excluding hydrogens is 548 g/mol. The highest BCUT2D eigenvalue weighted by atomic mass is 35.5. The molecule has 0 spiro atoms. The van der Waals surface area contributed by atoms with Crippen LogP contribution >= 0.6 is 11.6 Å². The van der Waals surface area contributed by atoms with Crippen molar-refractivity contribution in [1.29, 1.82) is 0 Å². The standard InChI is InChI=1S/C26H29ClN4O5S2/c1-30-15-17-31(18-16-30)38(35,36)24-13-9-22(10-14-24)28-26(32)25(19-20-5-3-2-4-6-20)29-37(33,34)23-11-7-21(27)8-12-23/h2-14,25,29H,15-19H2,1H3,(H,28,32)/t25-/m1/s1. The summed E-state index contributed by atoms with van der Waals surface area (Å²) in [4.78, 5) is 15.4. The highest BCUT2D eigenvalue weighted by Crippen LogP contribution is 2.21. The van der Waals surface area contributed by atoms with Crippen molar-refractivity contribution in [3.63, 3.8) is 0 Å². The van der Waals surface area contributed by atoms with Gasteiger partial charge >= 0.3 is 0 Å². The Morgan fingerprint density at radius 2 is 1.42 bits per heavy atom. The Hall–Kier alpha value is -2.80. The Bertz CT molecular complexity index is 1460. The van der Waals surface area contributed by atoms with Gasteiger partial charge in [0.05, 0.1) is 9.79 Å². The molecule has 1 saturated heterocycles. The Balaban J connectivity index is 1.51. The fourth-order valence-corrected chi connectivity index (χ4v) is 6.77. The molecule has 3 aromatic carbocycles. The lowest BCUT2D eigenvalue weighted by Crippen LogP contribution is -2.47. The SMILES string of the molecule is CN1CCN(S(=O)(=O)c2ccc(NC(=O)[C@@H](Cc3ccccc3)NS(=O)(=O)c3ccc(Cl)cc3)cc2)CC1. The van der Waals surface area contributed by atoms with E-state index < -0.39 is 32.0 Å². The van der Waals surface area contributed by atoms with E-state index in [1.54, 1.807) is 24.3 Å². The highest BCUT2D eigenvalue weighted by Gasteiger charge is 2.28. The minimum atomic E-state index is -4.03. The van der Waals surface area contributed by atoms with Gasteiger partial charge in [-0.15, -0.1) is 0 Å². The molecular formula is C26H29ClN4O5S2. The summed E-state index contributed by atoms with van der Waals surface area (Å²) >= 11 is 5.88. The molecule has 0 unspecified atom stereocenters. The van der Waals surface area contributed by atoms with Crippen LogP contribution < -0.4 is 10.0 Å². The van der Waals surface area contributed by atoms with Crippen molar-refractivity contribution in [3.05, 3.63) is 89.4 Å². The monoisotopic (exact) mass is 576 g/mol. The van der Waals surface area contributed by atoms with Crippen molar-refractivity contribution in [3.8, 4) is 0 Å². The molecule has 4 rings (SSSR count). The van der Waals surface area contributed by atoms with Crippen LogP contribution in [-0.4, -0.2) is 71.2 Å². The molecule has 0 radical (unpaired) electrons. The number of hydrogen-bond donors (Lipinski definition) is 2. The zero-order valence-corrected chi connectivity index (χ0v) is 23.1. The minimum absolute atomic E-state index is 0.0220. The van der Waals surface area contributed by atoms with Gasteiger partial charge in [0.15, 0.2) is 0 Å². The quantitative estimate of drug-likeness (QED) is 0.405. The predicted octanol–water partition coefficient (Wildman–Crippen LogP) is 2.80. The van der Waals surface area contributed by atoms with E-state index in [4.69, 9.17) is 11.6 Å². The maximum atomic E-state index is 13.2. The number of sulfonamides is 2. The summed E-state index contributed by atoms with van der Waals surface area (Å²) in [6.07, 6.45) is 0.107. The Kier molecular flexibility index (Phi) is 8.86. The molecule has 202 valence electrons. The van der Waals surface area contributed by atoms with Gasteiger partial charge in [-0.05, 0) is 67.6 Å². The Morgan fingerprint density at radius 3 is 2.03 bits per heavy atom. The second kappa shape index (κ2) is 11.9. The Morgan fingerprint density at radius 1 is 0.842 bits per heavy atom. The molecule has 0 saturated carbocycles. The summed E-state index contributed by atoms with van der Waals surface area (Å²) in [5, 5.41) is 3.10. The van der Waals surface area contributed by atoms with E-state index in [1.165, 1.54) is 52.8 Å². The molecule has 0 bridgehead atoms. The first-order chi connectivity index (χ1) is 18.0. The fourth-order valence-electron chi connectivity index (χ4n) is 4.02. The van der Waals surface area contributed by atoms with Gasteiger partial charge in [0, 0.05) is 36.9 Å². The fraction of sp³-hybridized carbons (Fsp3) is 0.269. The van der Waals surface area contributed by atoms with Gasteiger partial charge in [0.1, 0.15) is 6.04 Å². The molecule has 2 N–H and O–H groups in total. The summed E-state index contributed by atoms with van der Waals surface area (Å²) in [5.41, 5.74) is 1.11. The van der Waals surface area contributed by atoms with Gasteiger partial charge in [0.2, 0.25) is 26.0 Å². The van der Waals surface area contributed by atoms with E-state index in [1.807, 2.05) is 13.1 Å². The van der Waals surface area contributed by atoms with Gasteiger partial charge < -0.3 is 10.2 Å². The van der Waals surface area contributed by atoms with Gasteiger partial charge in [-0.2, -0.15) is 9.03 Å². The molecule has 1 aliphatic rings. The summed E-state index contributed by atoms with van der Waals surface area (Å²) in [5.74, 6) is -0.582. The molecule has 1 atom stereocenters. The van der Waals surface area contributed by atoms with Crippen molar-refractivity contribution in [2.45, 2.75) is 22.3 Å². The van der Waals surface area contributed by atoms with Crippen LogP contribution in [0.1, 0.15) is 5.56 Å². The number of nitrogens with zero attached hydrogens (tertiary/aromatic N) is 2. The van der Waals surface area contributed by atoms with Crippen LogP contribution in [-0.2, 0) is 31.3 Å². The van der Waals surface area contributed by atoms with Crippen LogP contribution in [0.3, 0.4) is 0 Å². The summed E-state index contributed by atoms with van der Waals surface area (Å²) in [7, 11) is -5.74. The molecule has 0 aromatic heterocycles. The Labute approximate surface area is 228 Å². The predicted molar refractivity (Wildman–Crippen MR) is 147 cm³/mol. The number of rotatable bonds is 9. The molecule has 1 aliphatic heterocycles. The first-order valence-electron chi connectivity index (χ1n) is 12.0. The van der Waals surface area contributed by atoms with E-state index in [0.717, 1.165) is 5.56 Å². The maximum absolute atomic E-state index is 13.2. The number of carbonyl (C=O) groups excluding carboxylic acids is 1. The first-order valence-corrected chi connectivity index (χ1v) is 15.3. The number of likely N-dealkylation sites (N-methyl/N-ethyl adjacent to an activating group) is 1. The third-order valence-corrected chi connectivity index (χ3v) is 9.89. The molecule has 1 fully saturated rings. The van der Waals surface area contributed by atoms with Crippen molar-refractivity contribution in [1.82, 2.24) is 13.9 Å². The lowest BCUT2D eigenvalue weighted by Gasteiger charge is -2.31. The molecule has 12 heteroatoms. The summed E-state index contributed by atoms with van der Waals surface area (Å²) in [6, 6.07) is 19.4. The van der Waals surface area contributed by atoms with Crippen molar-refractivity contribution in [2.24, 2.45) is 0 Å². The average molecular weight is 577 g/mol. The number of anilines is 1. The van der Waals surface area contributed by atoms with Crippen LogP contribution in [0.15, 0.2) is 88.7 Å². The number of amides is 1. The number of halogens is 1. The van der Waals surface area contributed by atoms with Crippen LogP contribution in [0.4, 0.5) is 5.69 Å². The van der Waals surface area contributed by atoms with Gasteiger partial charge in [-0.3, -0.25) is 4.79 Å². The largest absolute Gasteiger partial charge is 0.325 e. The van der Waals surface area contributed by atoms with Gasteiger partial charge in [-0.25, -0.2) is 16.8 Å². The topological polar surface area (TPSA) is 116 Å².